The summed E-state index contributed by atoms with van der Waals surface area (Å²) in [5.74, 6) is 0.666. The predicted molar refractivity (Wildman–Crippen MR) is 111 cm³/mol. The van der Waals surface area contributed by atoms with Crippen molar-refractivity contribution in [2.24, 2.45) is 0 Å². The van der Waals surface area contributed by atoms with Crippen molar-refractivity contribution in [2.75, 3.05) is 26.8 Å². The number of hydrogen-bond donors (Lipinski definition) is 2. The number of methoxy groups -OCH3 is 1. The molecular weight excluding hydrogens is 388 g/mol. The fraction of sp³-hybridized carbons (Fsp3) is 0.318. The van der Waals surface area contributed by atoms with Crippen LogP contribution in [-0.2, 0) is 16.0 Å². The van der Waals surface area contributed by atoms with Gasteiger partial charge in [-0.3, -0.25) is 9.59 Å². The average Bonchev–Trinajstić information content (AvgIpc) is 2.74. The summed E-state index contributed by atoms with van der Waals surface area (Å²) in [4.78, 5) is 35.4. The monoisotopic (exact) mass is 414 g/mol. The maximum absolute atomic E-state index is 12.1. The van der Waals surface area contributed by atoms with Crippen LogP contribution in [0.1, 0.15) is 29.3 Å². The molecule has 0 atom stereocenters. The second kappa shape index (κ2) is 12.1. The first-order valence-corrected chi connectivity index (χ1v) is 9.64. The molecule has 0 aliphatic rings. The highest BCUT2D eigenvalue weighted by Crippen LogP contribution is 2.13. The molecule has 2 aromatic carbocycles. The third-order valence-corrected chi connectivity index (χ3v) is 4.04. The zero-order valence-electron chi connectivity index (χ0n) is 17.1. The molecule has 2 N–H and O–H groups in total. The molecule has 2 rings (SSSR count). The van der Waals surface area contributed by atoms with Gasteiger partial charge in [-0.15, -0.1) is 0 Å². The normalized spacial score (nSPS) is 10.1. The molecule has 2 amide bonds. The van der Waals surface area contributed by atoms with E-state index in [1.807, 2.05) is 24.3 Å². The molecule has 0 saturated heterocycles. The molecule has 0 aliphatic heterocycles. The molecule has 0 radical (unpaired) electrons. The molecule has 8 nitrogen and oxygen atoms in total. The predicted octanol–water partition coefficient (Wildman–Crippen LogP) is 2.71. The zero-order chi connectivity index (χ0) is 21.8. The Labute approximate surface area is 175 Å². The molecule has 0 aromatic heterocycles. The number of nitrogens with one attached hydrogen (secondary N) is 2. The van der Waals surface area contributed by atoms with Crippen LogP contribution < -0.4 is 20.1 Å². The third-order valence-electron chi connectivity index (χ3n) is 4.04. The van der Waals surface area contributed by atoms with Crippen LogP contribution in [0, 0.1) is 0 Å². The van der Waals surface area contributed by atoms with Gasteiger partial charge in [-0.25, -0.2) is 4.79 Å². The third kappa shape index (κ3) is 7.83. The first-order valence-electron chi connectivity index (χ1n) is 9.64. The highest BCUT2D eigenvalue weighted by molar-refractivity contribution is 5.94. The number of rotatable bonds is 10. The van der Waals surface area contributed by atoms with Crippen molar-refractivity contribution in [1.29, 1.82) is 0 Å². The van der Waals surface area contributed by atoms with Crippen molar-refractivity contribution in [2.45, 2.75) is 19.8 Å². The summed E-state index contributed by atoms with van der Waals surface area (Å²) in [6.07, 6.45) is 0.0758. The first kappa shape index (κ1) is 22.7. The lowest BCUT2D eigenvalue weighted by atomic mass is 10.1. The van der Waals surface area contributed by atoms with E-state index in [1.165, 1.54) is 12.1 Å². The highest BCUT2D eigenvalue weighted by atomic mass is 16.7. The van der Waals surface area contributed by atoms with Crippen LogP contribution in [-0.4, -0.2) is 44.8 Å². The van der Waals surface area contributed by atoms with Crippen LogP contribution in [0.5, 0.6) is 11.5 Å². The minimum absolute atomic E-state index is 0.0910. The number of amides is 2. The zero-order valence-corrected chi connectivity index (χ0v) is 17.1. The van der Waals surface area contributed by atoms with E-state index in [9.17, 15) is 14.4 Å². The number of ether oxygens (including phenoxy) is 3. The van der Waals surface area contributed by atoms with Gasteiger partial charge < -0.3 is 24.8 Å². The molecule has 30 heavy (non-hydrogen) atoms. The Morgan fingerprint density at radius 2 is 1.67 bits per heavy atom. The second-order valence-electron chi connectivity index (χ2n) is 6.30. The topological polar surface area (TPSA) is 103 Å². The van der Waals surface area contributed by atoms with E-state index < -0.39 is 6.16 Å². The Morgan fingerprint density at radius 3 is 2.37 bits per heavy atom. The van der Waals surface area contributed by atoms with E-state index in [2.05, 4.69) is 15.4 Å². The van der Waals surface area contributed by atoms with Gasteiger partial charge in [0.2, 0.25) is 5.91 Å². The van der Waals surface area contributed by atoms with Crippen LogP contribution in [0.3, 0.4) is 0 Å². The van der Waals surface area contributed by atoms with Gasteiger partial charge in [-0.05, 0) is 55.3 Å². The van der Waals surface area contributed by atoms with E-state index in [-0.39, 0.29) is 24.8 Å². The Hall–Kier alpha value is -3.55. The van der Waals surface area contributed by atoms with E-state index in [0.717, 1.165) is 5.56 Å². The van der Waals surface area contributed by atoms with E-state index in [0.29, 0.717) is 36.6 Å². The Bertz CT molecular complexity index is 851. The van der Waals surface area contributed by atoms with Gasteiger partial charge >= 0.3 is 6.16 Å². The summed E-state index contributed by atoms with van der Waals surface area (Å²) in [6.45, 7) is 2.77. The standard InChI is InChI=1S/C22H26N2O6/c1-3-29-22(27)30-18-10-8-17(9-11-18)21(26)24-13-5-12-23-20(25)15-16-6-4-7-19(14-16)28-2/h4,6-11,14H,3,5,12-13,15H2,1-2H3,(H,23,25)(H,24,26). The molecule has 160 valence electrons. The summed E-state index contributed by atoms with van der Waals surface area (Å²) < 4.78 is 14.8. The molecule has 0 saturated carbocycles. The fourth-order valence-electron chi connectivity index (χ4n) is 2.57. The van der Waals surface area contributed by atoms with Crippen LogP contribution >= 0.6 is 0 Å². The van der Waals surface area contributed by atoms with Crippen LogP contribution in [0.15, 0.2) is 48.5 Å². The van der Waals surface area contributed by atoms with Crippen LogP contribution in [0.4, 0.5) is 4.79 Å². The summed E-state index contributed by atoms with van der Waals surface area (Å²) >= 11 is 0. The molecule has 0 fully saturated rings. The van der Waals surface area contributed by atoms with E-state index in [4.69, 9.17) is 9.47 Å². The van der Waals surface area contributed by atoms with Crippen molar-refractivity contribution >= 4 is 18.0 Å². The van der Waals surface area contributed by atoms with Gasteiger partial charge in [-0.2, -0.15) is 0 Å². The van der Waals surface area contributed by atoms with Crippen molar-refractivity contribution < 1.29 is 28.6 Å². The SMILES string of the molecule is CCOC(=O)Oc1ccc(C(=O)NCCCNC(=O)Cc2cccc(OC)c2)cc1. The molecule has 0 unspecified atom stereocenters. The largest absolute Gasteiger partial charge is 0.513 e. The molecule has 0 aliphatic carbocycles. The van der Waals surface area contributed by atoms with Gasteiger partial charge in [-0.1, -0.05) is 12.1 Å². The minimum Gasteiger partial charge on any atom is -0.497 e. The summed E-state index contributed by atoms with van der Waals surface area (Å²) in [5.41, 5.74) is 1.31. The number of hydrogen-bond acceptors (Lipinski definition) is 6. The molecule has 0 spiro atoms. The summed E-state index contributed by atoms with van der Waals surface area (Å²) in [5, 5.41) is 5.61. The molecular formula is C22H26N2O6. The number of carbonyl (C=O) groups is 3. The van der Waals surface area contributed by atoms with E-state index in [1.54, 1.807) is 26.2 Å². The molecule has 0 heterocycles. The van der Waals surface area contributed by atoms with Gasteiger partial charge in [0, 0.05) is 18.7 Å². The lowest BCUT2D eigenvalue weighted by Crippen LogP contribution is -2.30. The second-order valence-corrected chi connectivity index (χ2v) is 6.30. The lowest BCUT2D eigenvalue weighted by Gasteiger charge is -2.08. The summed E-state index contributed by atoms with van der Waals surface area (Å²) in [6, 6.07) is 13.5. The van der Waals surface area contributed by atoms with Crippen LogP contribution in [0.25, 0.3) is 0 Å². The number of benzene rings is 2. The average molecular weight is 414 g/mol. The Morgan fingerprint density at radius 1 is 0.933 bits per heavy atom. The maximum atomic E-state index is 12.1. The highest BCUT2D eigenvalue weighted by Gasteiger charge is 2.08. The van der Waals surface area contributed by atoms with Crippen molar-refractivity contribution in [3.63, 3.8) is 0 Å². The Balaban J connectivity index is 1.65. The first-order chi connectivity index (χ1) is 14.5. The van der Waals surface area contributed by atoms with Gasteiger partial charge in [0.05, 0.1) is 20.1 Å². The molecule has 8 heteroatoms. The molecule has 2 aromatic rings. The van der Waals surface area contributed by atoms with Crippen molar-refractivity contribution in [3.8, 4) is 11.5 Å². The lowest BCUT2D eigenvalue weighted by molar-refractivity contribution is -0.120. The van der Waals surface area contributed by atoms with Crippen molar-refractivity contribution in [3.05, 3.63) is 59.7 Å². The summed E-state index contributed by atoms with van der Waals surface area (Å²) in [7, 11) is 1.58. The Kier molecular flexibility index (Phi) is 9.18. The smallest absolute Gasteiger partial charge is 0.497 e. The maximum Gasteiger partial charge on any atom is 0.513 e. The van der Waals surface area contributed by atoms with E-state index >= 15 is 0 Å². The van der Waals surface area contributed by atoms with Gasteiger partial charge in [0.15, 0.2) is 0 Å². The van der Waals surface area contributed by atoms with Gasteiger partial charge in [0.1, 0.15) is 11.5 Å². The van der Waals surface area contributed by atoms with Crippen molar-refractivity contribution in [1.82, 2.24) is 10.6 Å². The molecule has 0 bridgehead atoms. The van der Waals surface area contributed by atoms with Crippen LogP contribution in [0.2, 0.25) is 0 Å². The fourth-order valence-corrected chi connectivity index (χ4v) is 2.57. The quantitative estimate of drug-likeness (QED) is 0.352. The number of carbonyl (C=O) groups excluding carboxylic acids is 3. The van der Waals surface area contributed by atoms with Gasteiger partial charge in [0.25, 0.3) is 5.91 Å². The minimum atomic E-state index is -0.789.